The molecule has 0 fully saturated rings. The second-order valence-electron chi connectivity index (χ2n) is 8.68. The molecule has 1 N–H and O–H groups in total. The van der Waals surface area contributed by atoms with Crippen LogP contribution in [-0.4, -0.2) is 38.5 Å². The Hall–Kier alpha value is -4.33. The van der Waals surface area contributed by atoms with E-state index in [1.165, 1.54) is 25.3 Å². The number of carbonyl (C=O) groups is 2. The maximum atomic E-state index is 13.3. The molecular weight excluding hydrogens is 542 g/mol. The molecule has 9 nitrogen and oxygen atoms in total. The van der Waals surface area contributed by atoms with Crippen LogP contribution in [0.5, 0.6) is 5.75 Å². The number of aromatic nitrogens is 1. The zero-order valence-corrected chi connectivity index (χ0v) is 22.7. The number of esters is 1. The van der Waals surface area contributed by atoms with Gasteiger partial charge in [-0.1, -0.05) is 23.7 Å². The van der Waals surface area contributed by atoms with Crippen molar-refractivity contribution in [3.8, 4) is 11.8 Å². The van der Waals surface area contributed by atoms with Gasteiger partial charge in [-0.2, -0.15) is 5.26 Å². The Kier molecular flexibility index (Phi) is 8.24. The van der Waals surface area contributed by atoms with Crippen molar-refractivity contribution in [3.05, 3.63) is 88.6 Å². The van der Waals surface area contributed by atoms with Crippen molar-refractivity contribution in [3.63, 3.8) is 0 Å². The third kappa shape index (κ3) is 6.39. The number of nitriles is 1. The van der Waals surface area contributed by atoms with Crippen LogP contribution in [0.1, 0.15) is 27.9 Å². The lowest BCUT2D eigenvalue weighted by Crippen LogP contribution is -2.17. The van der Waals surface area contributed by atoms with Gasteiger partial charge in [-0.15, -0.1) is 0 Å². The van der Waals surface area contributed by atoms with Gasteiger partial charge >= 0.3 is 5.97 Å². The van der Waals surface area contributed by atoms with Crippen molar-refractivity contribution in [2.45, 2.75) is 17.7 Å². The van der Waals surface area contributed by atoms with Gasteiger partial charge < -0.3 is 14.0 Å². The minimum Gasteiger partial charge on any atom is -0.480 e. The van der Waals surface area contributed by atoms with Gasteiger partial charge in [-0.3, -0.25) is 9.52 Å². The van der Waals surface area contributed by atoms with E-state index >= 15 is 0 Å². The average molecular weight is 566 g/mol. The molecule has 0 bridgehead atoms. The summed E-state index contributed by atoms with van der Waals surface area (Å²) in [5, 5.41) is 9.71. The Bertz CT molecular complexity index is 1710. The number of anilines is 1. The Morgan fingerprint density at radius 3 is 2.51 bits per heavy atom. The number of hydrogen-bond acceptors (Lipinski definition) is 7. The minimum absolute atomic E-state index is 0.0724. The number of sulfonamides is 1. The predicted octanol–water partition coefficient (Wildman–Crippen LogP) is 4.87. The van der Waals surface area contributed by atoms with Gasteiger partial charge in [0.25, 0.3) is 10.0 Å². The minimum atomic E-state index is -4.19. The van der Waals surface area contributed by atoms with Crippen LogP contribution < -0.4 is 9.46 Å². The molecule has 0 amide bonds. The number of nitrogens with one attached hydrogen (secondary N) is 1. The van der Waals surface area contributed by atoms with E-state index in [9.17, 15) is 18.0 Å². The molecular formula is C28H24ClN3O6S. The molecule has 0 radical (unpaired) electrons. The second kappa shape index (κ2) is 11.6. The number of ketones is 1. The van der Waals surface area contributed by atoms with Gasteiger partial charge in [0.05, 0.1) is 18.7 Å². The van der Waals surface area contributed by atoms with Crippen LogP contribution in [0, 0.1) is 11.3 Å². The Balaban J connectivity index is 1.59. The molecule has 4 rings (SSSR count). The van der Waals surface area contributed by atoms with Crippen LogP contribution in [0.3, 0.4) is 0 Å². The second-order valence-corrected chi connectivity index (χ2v) is 10.8. The highest BCUT2D eigenvalue weighted by atomic mass is 35.5. The van der Waals surface area contributed by atoms with E-state index in [-0.39, 0.29) is 33.6 Å². The highest BCUT2D eigenvalue weighted by Gasteiger charge is 2.22. The average Bonchev–Trinajstić information content (AvgIpc) is 3.26. The molecule has 0 aliphatic rings. The standard InChI is InChI=1S/C28H24ClN3O6S/c1-32-16-23(25(33)11-7-18-3-5-19(15-30)6-4-18)22-14-21(9-10-24(22)32)31-39(35,36)27-13-20(29)8-12-26(27)38-17-28(34)37-2/h3-6,8-10,12-14,16,31H,7,11,17H2,1-2H3. The number of methoxy groups -OCH3 is 1. The summed E-state index contributed by atoms with van der Waals surface area (Å²) in [6.07, 6.45) is 2.46. The lowest BCUT2D eigenvalue weighted by molar-refractivity contribution is -0.143. The van der Waals surface area contributed by atoms with Gasteiger partial charge in [0.2, 0.25) is 0 Å². The fourth-order valence-electron chi connectivity index (χ4n) is 4.03. The first-order valence-electron chi connectivity index (χ1n) is 11.7. The summed E-state index contributed by atoms with van der Waals surface area (Å²) in [5.74, 6) is -0.845. The van der Waals surface area contributed by atoms with Crippen LogP contribution in [-0.2, 0) is 33.0 Å². The predicted molar refractivity (Wildman–Crippen MR) is 146 cm³/mol. The smallest absolute Gasteiger partial charge is 0.343 e. The van der Waals surface area contributed by atoms with Crippen LogP contribution in [0.4, 0.5) is 5.69 Å². The van der Waals surface area contributed by atoms with E-state index in [4.69, 9.17) is 21.6 Å². The number of hydrogen-bond donors (Lipinski definition) is 1. The summed E-state index contributed by atoms with van der Waals surface area (Å²) < 4.78 is 40.8. The third-order valence-corrected chi connectivity index (χ3v) is 7.67. The number of fused-ring (bicyclic) bond motifs is 1. The van der Waals surface area contributed by atoms with Crippen molar-refractivity contribution in [2.75, 3.05) is 18.4 Å². The van der Waals surface area contributed by atoms with Crippen LogP contribution in [0.2, 0.25) is 5.02 Å². The normalized spacial score (nSPS) is 11.1. The van der Waals surface area contributed by atoms with E-state index < -0.39 is 22.6 Å². The summed E-state index contributed by atoms with van der Waals surface area (Å²) in [6, 6.07) is 18.0. The highest BCUT2D eigenvalue weighted by molar-refractivity contribution is 7.92. The topological polar surface area (TPSA) is 127 Å². The summed E-state index contributed by atoms with van der Waals surface area (Å²) in [7, 11) is -1.20. The molecule has 11 heteroatoms. The quantitative estimate of drug-likeness (QED) is 0.214. The van der Waals surface area contributed by atoms with Crippen LogP contribution in [0.15, 0.2) is 71.8 Å². The van der Waals surface area contributed by atoms with Crippen LogP contribution >= 0.6 is 11.6 Å². The number of nitrogens with zero attached hydrogens (tertiary/aromatic N) is 2. The largest absolute Gasteiger partial charge is 0.480 e. The van der Waals surface area contributed by atoms with E-state index in [1.54, 1.807) is 48.1 Å². The van der Waals surface area contributed by atoms with E-state index in [0.29, 0.717) is 22.9 Å². The third-order valence-electron chi connectivity index (χ3n) is 6.03. The van der Waals surface area contributed by atoms with Crippen LogP contribution in [0.25, 0.3) is 10.9 Å². The number of benzene rings is 3. The number of Topliss-reactive ketones (excluding diaryl/α,β-unsaturated/α-hetero) is 1. The summed E-state index contributed by atoms with van der Waals surface area (Å²) >= 11 is 6.05. The molecule has 0 unspecified atom stereocenters. The fraction of sp³-hybridized carbons (Fsp3) is 0.179. The molecule has 39 heavy (non-hydrogen) atoms. The van der Waals surface area contributed by atoms with Crippen molar-refractivity contribution in [1.82, 2.24) is 4.57 Å². The lowest BCUT2D eigenvalue weighted by Gasteiger charge is -2.13. The molecule has 0 aliphatic heterocycles. The highest BCUT2D eigenvalue weighted by Crippen LogP contribution is 2.31. The Morgan fingerprint density at radius 2 is 1.82 bits per heavy atom. The molecule has 0 saturated carbocycles. The molecule has 0 spiro atoms. The molecule has 0 saturated heterocycles. The Labute approximate surface area is 230 Å². The molecule has 0 atom stereocenters. The number of aryl methyl sites for hydroxylation is 2. The van der Waals surface area contributed by atoms with E-state index in [0.717, 1.165) is 11.1 Å². The maximum Gasteiger partial charge on any atom is 0.343 e. The zero-order valence-electron chi connectivity index (χ0n) is 21.1. The van der Waals surface area contributed by atoms with Crippen molar-refractivity contribution >= 4 is 50.0 Å². The summed E-state index contributed by atoms with van der Waals surface area (Å²) in [6.45, 7) is -0.482. The van der Waals surface area contributed by atoms with Crippen molar-refractivity contribution in [1.29, 1.82) is 5.26 Å². The molecule has 1 heterocycles. The van der Waals surface area contributed by atoms with Gasteiger partial charge in [0.1, 0.15) is 10.6 Å². The summed E-state index contributed by atoms with van der Waals surface area (Å²) in [4.78, 5) is 24.4. The molecule has 200 valence electrons. The first-order valence-corrected chi connectivity index (χ1v) is 13.6. The fourth-order valence-corrected chi connectivity index (χ4v) is 5.49. The SMILES string of the molecule is COC(=O)COc1ccc(Cl)cc1S(=O)(=O)Nc1ccc2c(c1)c(C(=O)CCc1ccc(C#N)cc1)cn2C. The lowest BCUT2D eigenvalue weighted by atomic mass is 10.0. The van der Waals surface area contributed by atoms with Crippen molar-refractivity contribution in [2.24, 2.45) is 7.05 Å². The number of carbonyl (C=O) groups excluding carboxylic acids is 2. The molecule has 0 aliphatic carbocycles. The molecule has 1 aromatic heterocycles. The number of ether oxygens (including phenoxy) is 2. The zero-order chi connectivity index (χ0) is 28.2. The maximum absolute atomic E-state index is 13.3. The summed E-state index contributed by atoms with van der Waals surface area (Å²) in [5.41, 5.74) is 2.93. The van der Waals surface area contributed by atoms with Gasteiger partial charge in [0, 0.05) is 46.8 Å². The molecule has 4 aromatic rings. The van der Waals surface area contributed by atoms with Gasteiger partial charge in [-0.25, -0.2) is 13.2 Å². The van der Waals surface area contributed by atoms with Crippen molar-refractivity contribution < 1.29 is 27.5 Å². The first kappa shape index (κ1) is 27.7. The Morgan fingerprint density at radius 1 is 1.08 bits per heavy atom. The van der Waals surface area contributed by atoms with E-state index in [1.807, 2.05) is 12.1 Å². The molecule has 3 aromatic carbocycles. The number of halogens is 1. The first-order chi connectivity index (χ1) is 18.6. The van der Waals surface area contributed by atoms with Gasteiger partial charge in [0.15, 0.2) is 12.4 Å². The monoisotopic (exact) mass is 565 g/mol. The number of rotatable bonds is 10. The van der Waals surface area contributed by atoms with E-state index in [2.05, 4.69) is 15.5 Å². The van der Waals surface area contributed by atoms with Gasteiger partial charge in [-0.05, 0) is 60.5 Å².